The second-order valence-electron chi connectivity index (χ2n) is 14.1. The van der Waals surface area contributed by atoms with Crippen LogP contribution in [0.25, 0.3) is 0 Å². The number of hydrogen-bond acceptors (Lipinski definition) is 3. The standard InChI is InChI=1S/C29H46O3/c1-19-14-27(12-8-20(15-27)9-13-28(31)10-5-7-22(30)17-28)25-29(32-25)11-4-6-21(16-29)24-23(19)18-26(24,2)3/h20-25,30-31H,1,4-18H2,2-3H3/t20-,21-,22+,23+,24+,25-,27-,28-,29+/m0/s1. The summed E-state index contributed by atoms with van der Waals surface area (Å²) >= 11 is 0. The van der Waals surface area contributed by atoms with Crippen molar-refractivity contribution in [1.29, 1.82) is 0 Å². The van der Waals surface area contributed by atoms with Gasteiger partial charge in [-0.05, 0) is 113 Å². The first-order valence-corrected chi connectivity index (χ1v) is 13.9. The third-order valence-corrected chi connectivity index (χ3v) is 11.4. The smallest absolute Gasteiger partial charge is 0.0957 e. The minimum absolute atomic E-state index is 0.185. The van der Waals surface area contributed by atoms with Crippen molar-refractivity contribution < 1.29 is 14.9 Å². The van der Waals surface area contributed by atoms with Gasteiger partial charge in [0.1, 0.15) is 0 Å². The van der Waals surface area contributed by atoms with Gasteiger partial charge >= 0.3 is 0 Å². The van der Waals surface area contributed by atoms with E-state index in [-0.39, 0.29) is 11.7 Å². The normalized spacial score (nSPS) is 54.1. The van der Waals surface area contributed by atoms with E-state index in [9.17, 15) is 10.2 Å². The van der Waals surface area contributed by atoms with E-state index in [4.69, 9.17) is 11.3 Å². The summed E-state index contributed by atoms with van der Waals surface area (Å²) in [4.78, 5) is 0. The summed E-state index contributed by atoms with van der Waals surface area (Å²) in [5.74, 6) is 3.08. The molecule has 6 rings (SSSR count). The van der Waals surface area contributed by atoms with Crippen molar-refractivity contribution in [1.82, 2.24) is 0 Å². The predicted molar refractivity (Wildman–Crippen MR) is 127 cm³/mol. The van der Waals surface area contributed by atoms with Gasteiger partial charge in [-0.1, -0.05) is 32.4 Å². The van der Waals surface area contributed by atoms with Gasteiger partial charge in [0.25, 0.3) is 0 Å². The van der Waals surface area contributed by atoms with Gasteiger partial charge in [-0.25, -0.2) is 0 Å². The lowest BCUT2D eigenvalue weighted by Gasteiger charge is -2.57. The highest BCUT2D eigenvalue weighted by Crippen LogP contribution is 2.70. The lowest BCUT2D eigenvalue weighted by molar-refractivity contribution is -0.0569. The van der Waals surface area contributed by atoms with Gasteiger partial charge in [0.15, 0.2) is 0 Å². The van der Waals surface area contributed by atoms with Crippen LogP contribution in [-0.2, 0) is 4.74 Å². The first-order valence-electron chi connectivity index (χ1n) is 13.9. The third-order valence-electron chi connectivity index (χ3n) is 11.4. The summed E-state index contributed by atoms with van der Waals surface area (Å²) in [5, 5.41) is 21.1. The van der Waals surface area contributed by atoms with E-state index in [1.807, 2.05) is 0 Å². The molecule has 32 heavy (non-hydrogen) atoms. The Bertz CT molecular complexity index is 774. The molecule has 6 aliphatic rings. The van der Waals surface area contributed by atoms with Crippen LogP contribution < -0.4 is 0 Å². The van der Waals surface area contributed by atoms with Crippen molar-refractivity contribution in [3.63, 3.8) is 0 Å². The predicted octanol–water partition coefficient (Wildman–Crippen LogP) is 6.17. The molecule has 5 saturated carbocycles. The molecule has 0 radical (unpaired) electrons. The van der Waals surface area contributed by atoms with Gasteiger partial charge in [-0.2, -0.15) is 0 Å². The van der Waals surface area contributed by atoms with Gasteiger partial charge in [0.2, 0.25) is 0 Å². The molecule has 0 amide bonds. The van der Waals surface area contributed by atoms with Crippen molar-refractivity contribution in [2.45, 2.75) is 134 Å². The number of fused-ring (bicyclic) bond motifs is 4. The molecule has 5 aliphatic carbocycles. The van der Waals surface area contributed by atoms with Crippen LogP contribution in [0.3, 0.4) is 0 Å². The summed E-state index contributed by atoms with van der Waals surface area (Å²) in [6.07, 6.45) is 17.1. The summed E-state index contributed by atoms with van der Waals surface area (Å²) in [6, 6.07) is 0. The Hall–Kier alpha value is -0.380. The molecule has 180 valence electrons. The Balaban J connectivity index is 1.19. The largest absolute Gasteiger partial charge is 0.393 e. The van der Waals surface area contributed by atoms with E-state index in [1.165, 1.54) is 57.8 Å². The van der Waals surface area contributed by atoms with E-state index in [1.54, 1.807) is 5.57 Å². The minimum Gasteiger partial charge on any atom is -0.393 e. The van der Waals surface area contributed by atoms with Crippen molar-refractivity contribution in [3.05, 3.63) is 12.2 Å². The van der Waals surface area contributed by atoms with Crippen LogP contribution in [0, 0.1) is 34.5 Å². The molecule has 9 atom stereocenters. The highest BCUT2D eigenvalue weighted by Gasteiger charge is 2.70. The molecule has 0 aromatic rings. The molecule has 0 unspecified atom stereocenters. The average Bonchev–Trinajstić information content (AvgIpc) is 3.23. The zero-order valence-electron chi connectivity index (χ0n) is 20.6. The van der Waals surface area contributed by atoms with E-state index in [2.05, 4.69) is 13.8 Å². The van der Waals surface area contributed by atoms with E-state index in [0.717, 1.165) is 49.9 Å². The van der Waals surface area contributed by atoms with Gasteiger partial charge < -0.3 is 14.9 Å². The molecule has 2 N–H and O–H groups in total. The molecule has 3 heteroatoms. The highest BCUT2D eigenvalue weighted by molar-refractivity contribution is 5.25. The molecule has 6 fully saturated rings. The minimum atomic E-state index is -0.631. The Morgan fingerprint density at radius 3 is 2.59 bits per heavy atom. The lowest BCUT2D eigenvalue weighted by Crippen LogP contribution is -2.50. The number of hydrogen-bond donors (Lipinski definition) is 2. The van der Waals surface area contributed by atoms with Crippen molar-refractivity contribution >= 4 is 0 Å². The van der Waals surface area contributed by atoms with Crippen LogP contribution in [-0.4, -0.2) is 33.6 Å². The average molecular weight is 443 g/mol. The molecule has 2 bridgehead atoms. The summed E-state index contributed by atoms with van der Waals surface area (Å²) < 4.78 is 6.77. The number of aliphatic hydroxyl groups is 2. The number of rotatable bonds is 3. The van der Waals surface area contributed by atoms with Crippen molar-refractivity contribution in [2.24, 2.45) is 34.5 Å². The van der Waals surface area contributed by atoms with Gasteiger partial charge in [0, 0.05) is 11.8 Å². The van der Waals surface area contributed by atoms with Crippen molar-refractivity contribution in [2.75, 3.05) is 0 Å². The number of aliphatic hydroxyl groups excluding tert-OH is 1. The maximum Gasteiger partial charge on any atom is 0.0957 e. The molecule has 3 nitrogen and oxygen atoms in total. The number of epoxide rings is 1. The second-order valence-corrected chi connectivity index (χ2v) is 14.1. The van der Waals surface area contributed by atoms with E-state index in [0.29, 0.717) is 29.3 Å². The van der Waals surface area contributed by atoms with Crippen LogP contribution in [0.15, 0.2) is 12.2 Å². The zero-order valence-corrected chi connectivity index (χ0v) is 20.6. The van der Waals surface area contributed by atoms with Gasteiger partial charge in [0.05, 0.1) is 23.4 Å². The van der Waals surface area contributed by atoms with Crippen molar-refractivity contribution in [3.8, 4) is 0 Å². The van der Waals surface area contributed by atoms with Crippen LogP contribution in [0.2, 0.25) is 0 Å². The fourth-order valence-corrected chi connectivity index (χ4v) is 10.0. The quantitative estimate of drug-likeness (QED) is 0.406. The Labute approximate surface area is 195 Å². The zero-order chi connectivity index (χ0) is 22.4. The lowest BCUT2D eigenvalue weighted by atomic mass is 9.48. The Morgan fingerprint density at radius 1 is 1.00 bits per heavy atom. The molecule has 1 saturated heterocycles. The first kappa shape index (κ1) is 22.1. The number of allylic oxidation sites excluding steroid dienone is 1. The molecule has 0 aromatic heterocycles. The van der Waals surface area contributed by atoms with Crippen LogP contribution >= 0.6 is 0 Å². The molecule has 1 heterocycles. The topological polar surface area (TPSA) is 53.0 Å². The molecular formula is C29H46O3. The summed E-state index contributed by atoms with van der Waals surface area (Å²) in [6.45, 7) is 9.73. The Morgan fingerprint density at radius 2 is 1.81 bits per heavy atom. The van der Waals surface area contributed by atoms with Crippen LogP contribution in [0.1, 0.15) is 110 Å². The highest BCUT2D eigenvalue weighted by atomic mass is 16.6. The summed E-state index contributed by atoms with van der Waals surface area (Å²) in [5.41, 5.74) is 1.87. The first-order chi connectivity index (χ1) is 15.1. The van der Waals surface area contributed by atoms with Crippen LogP contribution in [0.5, 0.6) is 0 Å². The molecule has 2 spiro atoms. The molecule has 1 aliphatic heterocycles. The Kier molecular flexibility index (Phi) is 5.05. The van der Waals surface area contributed by atoms with Gasteiger partial charge in [-0.3, -0.25) is 0 Å². The molecule has 0 aromatic carbocycles. The second kappa shape index (κ2) is 7.31. The SMILES string of the molecule is C=C1C[C@]2(CC[C@@H](CC[C@@]3(O)CCC[C@@H](O)C3)C2)[C@@H]2O[C@@]23CCC[C@@H](C3)[C@@H]2[C@@H]1CC2(C)C. The van der Waals surface area contributed by atoms with Gasteiger partial charge in [-0.15, -0.1) is 0 Å². The fourth-order valence-electron chi connectivity index (χ4n) is 10.0. The maximum atomic E-state index is 11.1. The summed E-state index contributed by atoms with van der Waals surface area (Å²) in [7, 11) is 0. The van der Waals surface area contributed by atoms with E-state index >= 15 is 0 Å². The maximum absolute atomic E-state index is 11.1. The van der Waals surface area contributed by atoms with E-state index < -0.39 is 5.60 Å². The molecular weight excluding hydrogens is 396 g/mol. The monoisotopic (exact) mass is 442 g/mol. The number of ether oxygens (including phenoxy) is 1. The fraction of sp³-hybridized carbons (Fsp3) is 0.931. The third kappa shape index (κ3) is 3.47. The van der Waals surface area contributed by atoms with Crippen LogP contribution in [0.4, 0.5) is 0 Å².